The van der Waals surface area contributed by atoms with Crippen LogP contribution in [0.3, 0.4) is 0 Å². The van der Waals surface area contributed by atoms with Crippen molar-refractivity contribution in [3.63, 3.8) is 0 Å². The Kier molecular flexibility index (Phi) is 5.33. The number of rotatable bonds is 6. The number of carbonyl (C=O) groups is 1. The van der Waals surface area contributed by atoms with Crippen LogP contribution < -0.4 is 0 Å². The quantitative estimate of drug-likeness (QED) is 0.725. The Hall–Kier alpha value is -1.18. The first-order valence-corrected chi connectivity index (χ1v) is 6.32. The number of Topliss-reactive ketones (excluding diaryl/α,β-unsaturated/α-hetero) is 1. The summed E-state index contributed by atoms with van der Waals surface area (Å²) in [5, 5.41) is 0. The van der Waals surface area contributed by atoms with E-state index < -0.39 is 0 Å². The highest BCUT2D eigenvalue weighted by molar-refractivity contribution is 5.78. The Morgan fingerprint density at radius 2 is 1.82 bits per heavy atom. The molecule has 1 nitrogen and oxygen atoms in total. The molecule has 1 aromatic rings. The van der Waals surface area contributed by atoms with Crippen LogP contribution in [0.25, 0.3) is 0 Å². The van der Waals surface area contributed by atoms with E-state index in [9.17, 15) is 9.18 Å². The molecule has 1 aromatic carbocycles. The van der Waals surface area contributed by atoms with Gasteiger partial charge in [-0.05, 0) is 55.9 Å². The van der Waals surface area contributed by atoms with Crippen LogP contribution in [0.5, 0.6) is 0 Å². The van der Waals surface area contributed by atoms with Gasteiger partial charge in [0, 0.05) is 12.8 Å². The van der Waals surface area contributed by atoms with E-state index in [0.717, 1.165) is 29.5 Å². The molecule has 2 heteroatoms. The van der Waals surface area contributed by atoms with Crippen LogP contribution in [0, 0.1) is 19.7 Å². The van der Waals surface area contributed by atoms with Crippen LogP contribution in [0.2, 0.25) is 0 Å². The van der Waals surface area contributed by atoms with Crippen LogP contribution >= 0.6 is 0 Å². The first-order chi connectivity index (χ1) is 8.04. The summed E-state index contributed by atoms with van der Waals surface area (Å²) in [4.78, 5) is 11.3. The van der Waals surface area contributed by atoms with E-state index in [0.29, 0.717) is 19.3 Å². The summed E-state index contributed by atoms with van der Waals surface area (Å²) in [7, 11) is 0. The third-order valence-electron chi connectivity index (χ3n) is 3.09. The normalized spacial score (nSPS) is 10.6. The number of hydrogen-bond acceptors (Lipinski definition) is 1. The molecule has 0 fully saturated rings. The third-order valence-corrected chi connectivity index (χ3v) is 3.09. The van der Waals surface area contributed by atoms with Gasteiger partial charge in [0.05, 0.1) is 0 Å². The highest BCUT2D eigenvalue weighted by Gasteiger charge is 2.06. The maximum atomic E-state index is 13.6. The van der Waals surface area contributed by atoms with Gasteiger partial charge in [-0.25, -0.2) is 4.39 Å². The molecule has 0 spiro atoms. The van der Waals surface area contributed by atoms with Gasteiger partial charge in [-0.15, -0.1) is 0 Å². The molecule has 17 heavy (non-hydrogen) atoms. The number of carbonyl (C=O) groups excluding carboxylic acids is 1. The highest BCUT2D eigenvalue weighted by atomic mass is 19.1. The van der Waals surface area contributed by atoms with Gasteiger partial charge in [-0.3, -0.25) is 4.79 Å². The monoisotopic (exact) mass is 236 g/mol. The molecule has 0 N–H and O–H groups in total. The molecule has 0 radical (unpaired) electrons. The molecular formula is C15H21FO. The van der Waals surface area contributed by atoms with Crippen molar-refractivity contribution >= 4 is 5.78 Å². The molecule has 0 aliphatic carbocycles. The minimum atomic E-state index is -0.143. The van der Waals surface area contributed by atoms with Gasteiger partial charge in [0.25, 0.3) is 0 Å². The molecule has 0 saturated carbocycles. The van der Waals surface area contributed by atoms with Gasteiger partial charge in [0.2, 0.25) is 0 Å². The predicted molar refractivity (Wildman–Crippen MR) is 68.7 cm³/mol. The van der Waals surface area contributed by atoms with E-state index in [4.69, 9.17) is 0 Å². The molecule has 0 aliphatic rings. The van der Waals surface area contributed by atoms with Crippen molar-refractivity contribution < 1.29 is 9.18 Å². The van der Waals surface area contributed by atoms with E-state index >= 15 is 0 Å². The lowest BCUT2D eigenvalue weighted by atomic mass is 10.0. The first kappa shape index (κ1) is 13.9. The Balaban J connectivity index is 2.52. The highest BCUT2D eigenvalue weighted by Crippen LogP contribution is 2.17. The minimum absolute atomic E-state index is 0.143. The topological polar surface area (TPSA) is 17.1 Å². The molecule has 0 saturated heterocycles. The van der Waals surface area contributed by atoms with Gasteiger partial charge >= 0.3 is 0 Å². The second kappa shape index (κ2) is 6.53. The second-order valence-electron chi connectivity index (χ2n) is 4.67. The van der Waals surface area contributed by atoms with E-state index in [1.54, 1.807) is 6.07 Å². The number of benzene rings is 1. The molecule has 0 bridgehead atoms. The molecule has 0 unspecified atom stereocenters. The van der Waals surface area contributed by atoms with E-state index in [2.05, 4.69) is 0 Å². The fourth-order valence-corrected chi connectivity index (χ4v) is 1.91. The lowest BCUT2D eigenvalue weighted by Crippen LogP contribution is -2.00. The zero-order valence-corrected chi connectivity index (χ0v) is 11.0. The van der Waals surface area contributed by atoms with Crippen LogP contribution in [-0.4, -0.2) is 5.78 Å². The molecule has 1 rings (SSSR count). The molecule has 94 valence electrons. The number of hydrogen-bond donors (Lipinski definition) is 0. The van der Waals surface area contributed by atoms with Gasteiger partial charge < -0.3 is 0 Å². The molecule has 0 aliphatic heterocycles. The average molecular weight is 236 g/mol. The fraction of sp³-hybridized carbons (Fsp3) is 0.533. The Morgan fingerprint density at radius 3 is 2.47 bits per heavy atom. The Morgan fingerprint density at radius 1 is 1.18 bits per heavy atom. The summed E-state index contributed by atoms with van der Waals surface area (Å²) < 4.78 is 13.6. The van der Waals surface area contributed by atoms with Crippen molar-refractivity contribution in [2.75, 3.05) is 0 Å². The summed E-state index contributed by atoms with van der Waals surface area (Å²) in [6.07, 6.45) is 3.52. The summed E-state index contributed by atoms with van der Waals surface area (Å²) in [6, 6.07) is 3.48. The maximum absolute atomic E-state index is 13.6. The number of ketones is 1. The Labute approximate surface area is 103 Å². The van der Waals surface area contributed by atoms with E-state index in [1.807, 2.05) is 26.8 Å². The second-order valence-corrected chi connectivity index (χ2v) is 4.67. The zero-order valence-electron chi connectivity index (χ0n) is 11.0. The van der Waals surface area contributed by atoms with Crippen molar-refractivity contribution in [2.24, 2.45) is 0 Å². The molecule has 0 atom stereocenters. The zero-order chi connectivity index (χ0) is 12.8. The molecule has 0 aromatic heterocycles. The summed E-state index contributed by atoms with van der Waals surface area (Å²) in [6.45, 7) is 5.90. The summed E-state index contributed by atoms with van der Waals surface area (Å²) in [5.41, 5.74) is 2.83. The van der Waals surface area contributed by atoms with Gasteiger partial charge in [0.15, 0.2) is 0 Å². The minimum Gasteiger partial charge on any atom is -0.300 e. The molecule has 0 heterocycles. The number of aryl methyl sites for hydroxylation is 3. The lowest BCUT2D eigenvalue weighted by molar-refractivity contribution is -0.119. The first-order valence-electron chi connectivity index (χ1n) is 6.32. The fourth-order valence-electron chi connectivity index (χ4n) is 1.91. The van der Waals surface area contributed by atoms with Gasteiger partial charge in [-0.1, -0.05) is 13.0 Å². The van der Waals surface area contributed by atoms with E-state index in [1.165, 1.54) is 0 Å². The smallest absolute Gasteiger partial charge is 0.132 e. The summed E-state index contributed by atoms with van der Waals surface area (Å²) >= 11 is 0. The third kappa shape index (κ3) is 4.29. The van der Waals surface area contributed by atoms with Crippen molar-refractivity contribution in [2.45, 2.75) is 52.9 Å². The lowest BCUT2D eigenvalue weighted by Gasteiger charge is -2.07. The molecule has 0 amide bonds. The molecular weight excluding hydrogens is 215 g/mol. The van der Waals surface area contributed by atoms with E-state index in [-0.39, 0.29) is 11.6 Å². The largest absolute Gasteiger partial charge is 0.300 e. The van der Waals surface area contributed by atoms with Gasteiger partial charge in [0.1, 0.15) is 11.6 Å². The van der Waals surface area contributed by atoms with Crippen molar-refractivity contribution in [1.29, 1.82) is 0 Å². The van der Waals surface area contributed by atoms with Crippen LogP contribution in [0.4, 0.5) is 4.39 Å². The Bertz CT molecular complexity index is 396. The standard InChI is InChI=1S/C15H21FO/c1-4-6-14(17)8-5-7-13-9-11(2)12(3)10-15(13)16/h9-10H,4-8H2,1-3H3. The summed E-state index contributed by atoms with van der Waals surface area (Å²) in [5.74, 6) is 0.146. The van der Waals surface area contributed by atoms with Crippen molar-refractivity contribution in [1.82, 2.24) is 0 Å². The van der Waals surface area contributed by atoms with Crippen LogP contribution in [0.1, 0.15) is 49.3 Å². The van der Waals surface area contributed by atoms with Gasteiger partial charge in [-0.2, -0.15) is 0 Å². The van der Waals surface area contributed by atoms with Crippen LogP contribution in [0.15, 0.2) is 12.1 Å². The van der Waals surface area contributed by atoms with Crippen molar-refractivity contribution in [3.8, 4) is 0 Å². The number of halogens is 1. The SMILES string of the molecule is CCCC(=O)CCCc1cc(C)c(C)cc1F. The average Bonchev–Trinajstić information content (AvgIpc) is 2.26. The van der Waals surface area contributed by atoms with Crippen molar-refractivity contribution in [3.05, 3.63) is 34.6 Å². The van der Waals surface area contributed by atoms with Crippen LogP contribution in [-0.2, 0) is 11.2 Å². The maximum Gasteiger partial charge on any atom is 0.132 e. The predicted octanol–water partition coefficient (Wildman–Crippen LogP) is 4.13.